The molecule has 2 nitrogen and oxygen atoms in total. The van der Waals surface area contributed by atoms with Gasteiger partial charge in [0.1, 0.15) is 5.78 Å². The standard InChI is InChI=1S/C17H27NO/c1-17-7-3-2-5-12(17)9-14-15(11-17)18-8-4-6-13(18)10-16(14)19/h12-15H,2-11H2,1H3. The first-order chi connectivity index (χ1) is 9.17. The van der Waals surface area contributed by atoms with Gasteiger partial charge in [-0.2, -0.15) is 0 Å². The molecule has 2 heterocycles. The van der Waals surface area contributed by atoms with Gasteiger partial charge in [0, 0.05) is 24.4 Å². The molecule has 0 radical (unpaired) electrons. The first-order valence-corrected chi connectivity index (χ1v) is 8.46. The summed E-state index contributed by atoms with van der Waals surface area (Å²) >= 11 is 0. The summed E-state index contributed by atoms with van der Waals surface area (Å²) in [6, 6.07) is 1.21. The molecule has 2 aliphatic carbocycles. The van der Waals surface area contributed by atoms with E-state index in [0.717, 1.165) is 12.3 Å². The molecule has 19 heavy (non-hydrogen) atoms. The van der Waals surface area contributed by atoms with Gasteiger partial charge in [-0.25, -0.2) is 0 Å². The molecule has 106 valence electrons. The summed E-state index contributed by atoms with van der Waals surface area (Å²) in [5.41, 5.74) is 0.546. The van der Waals surface area contributed by atoms with Gasteiger partial charge in [0.05, 0.1) is 0 Å². The molecular formula is C17H27NO. The van der Waals surface area contributed by atoms with Crippen LogP contribution in [-0.4, -0.2) is 29.3 Å². The molecule has 5 unspecified atom stereocenters. The van der Waals surface area contributed by atoms with Gasteiger partial charge in [0.2, 0.25) is 0 Å². The number of carbonyl (C=O) groups is 1. The van der Waals surface area contributed by atoms with Crippen molar-refractivity contribution in [2.45, 2.75) is 76.8 Å². The topological polar surface area (TPSA) is 20.3 Å². The van der Waals surface area contributed by atoms with Gasteiger partial charge >= 0.3 is 0 Å². The fraction of sp³-hybridized carbons (Fsp3) is 0.941. The lowest BCUT2D eigenvalue weighted by Gasteiger charge is -2.55. The number of ketones is 1. The number of Topliss-reactive ketones (excluding diaryl/α,β-unsaturated/α-hetero) is 1. The van der Waals surface area contributed by atoms with Crippen molar-refractivity contribution in [2.75, 3.05) is 6.54 Å². The lowest BCUT2D eigenvalue weighted by Crippen LogP contribution is -2.58. The van der Waals surface area contributed by atoms with Crippen LogP contribution in [0.25, 0.3) is 0 Å². The van der Waals surface area contributed by atoms with E-state index in [9.17, 15) is 4.79 Å². The van der Waals surface area contributed by atoms with Crippen LogP contribution in [0, 0.1) is 17.3 Å². The maximum absolute atomic E-state index is 12.5. The molecule has 2 aliphatic heterocycles. The summed E-state index contributed by atoms with van der Waals surface area (Å²) in [5, 5.41) is 0. The molecule has 0 aromatic carbocycles. The molecule has 0 amide bonds. The maximum atomic E-state index is 12.5. The Hall–Kier alpha value is -0.370. The minimum absolute atomic E-state index is 0.394. The normalized spacial score (nSPS) is 50.5. The minimum atomic E-state index is 0.394. The fourth-order valence-electron chi connectivity index (χ4n) is 5.82. The smallest absolute Gasteiger partial charge is 0.139 e. The van der Waals surface area contributed by atoms with E-state index in [1.165, 1.54) is 57.9 Å². The van der Waals surface area contributed by atoms with Gasteiger partial charge < -0.3 is 0 Å². The van der Waals surface area contributed by atoms with Gasteiger partial charge in [0.25, 0.3) is 0 Å². The second-order valence-corrected chi connectivity index (χ2v) is 7.91. The molecule has 0 aromatic rings. The lowest BCUT2D eigenvalue weighted by molar-refractivity contribution is -0.139. The number of nitrogens with zero attached hydrogens (tertiary/aromatic N) is 1. The molecule has 2 saturated carbocycles. The van der Waals surface area contributed by atoms with E-state index in [1.807, 2.05) is 0 Å². The quantitative estimate of drug-likeness (QED) is 0.666. The molecule has 2 heteroatoms. The number of rotatable bonds is 0. The highest BCUT2D eigenvalue weighted by Gasteiger charge is 2.53. The summed E-state index contributed by atoms with van der Waals surface area (Å²) in [6.07, 6.45) is 11.6. The predicted molar refractivity (Wildman–Crippen MR) is 75.9 cm³/mol. The molecule has 0 bridgehead atoms. The van der Waals surface area contributed by atoms with Crippen LogP contribution < -0.4 is 0 Å². The SMILES string of the molecule is CC12CCCCC1CC1C(=O)CC3CCCN3C1C2. The summed E-state index contributed by atoms with van der Waals surface area (Å²) in [6.45, 7) is 3.79. The zero-order chi connectivity index (χ0) is 13.0. The van der Waals surface area contributed by atoms with E-state index in [4.69, 9.17) is 0 Å². The summed E-state index contributed by atoms with van der Waals surface area (Å²) in [5.74, 6) is 1.84. The van der Waals surface area contributed by atoms with Crippen LogP contribution in [0.15, 0.2) is 0 Å². The molecule has 4 aliphatic rings. The van der Waals surface area contributed by atoms with Crippen LogP contribution in [0.5, 0.6) is 0 Å². The first kappa shape index (κ1) is 12.4. The average Bonchev–Trinajstić information content (AvgIpc) is 2.84. The van der Waals surface area contributed by atoms with Crippen LogP contribution in [0.4, 0.5) is 0 Å². The Morgan fingerprint density at radius 1 is 1.21 bits per heavy atom. The van der Waals surface area contributed by atoms with Crippen molar-refractivity contribution in [2.24, 2.45) is 17.3 Å². The van der Waals surface area contributed by atoms with E-state index in [0.29, 0.717) is 29.2 Å². The lowest BCUT2D eigenvalue weighted by atomic mass is 9.55. The number of fused-ring (bicyclic) bond motifs is 4. The Morgan fingerprint density at radius 3 is 3.00 bits per heavy atom. The van der Waals surface area contributed by atoms with E-state index >= 15 is 0 Å². The van der Waals surface area contributed by atoms with E-state index < -0.39 is 0 Å². The van der Waals surface area contributed by atoms with Gasteiger partial charge in [-0.1, -0.05) is 19.8 Å². The van der Waals surface area contributed by atoms with Crippen molar-refractivity contribution >= 4 is 5.78 Å². The average molecular weight is 261 g/mol. The monoisotopic (exact) mass is 261 g/mol. The summed E-state index contributed by atoms with van der Waals surface area (Å²) in [7, 11) is 0. The Balaban J connectivity index is 1.63. The van der Waals surface area contributed by atoms with Crippen LogP contribution >= 0.6 is 0 Å². The van der Waals surface area contributed by atoms with E-state index in [2.05, 4.69) is 11.8 Å². The van der Waals surface area contributed by atoms with Gasteiger partial charge in [0.15, 0.2) is 0 Å². The van der Waals surface area contributed by atoms with Crippen molar-refractivity contribution in [1.82, 2.24) is 4.90 Å². The van der Waals surface area contributed by atoms with Crippen molar-refractivity contribution < 1.29 is 4.79 Å². The van der Waals surface area contributed by atoms with Crippen molar-refractivity contribution in [3.8, 4) is 0 Å². The molecule has 0 N–H and O–H groups in total. The third kappa shape index (κ3) is 1.82. The summed E-state index contributed by atoms with van der Waals surface area (Å²) in [4.78, 5) is 15.3. The Kier molecular flexibility index (Phi) is 2.81. The van der Waals surface area contributed by atoms with E-state index in [-0.39, 0.29) is 0 Å². The summed E-state index contributed by atoms with van der Waals surface area (Å²) < 4.78 is 0. The highest BCUT2D eigenvalue weighted by atomic mass is 16.1. The molecule has 0 aromatic heterocycles. The van der Waals surface area contributed by atoms with Gasteiger partial charge in [-0.05, 0) is 56.4 Å². The van der Waals surface area contributed by atoms with Gasteiger partial charge in [-0.3, -0.25) is 9.69 Å². The number of hydrogen-bond donors (Lipinski definition) is 0. The molecule has 5 atom stereocenters. The second kappa shape index (κ2) is 4.31. The third-order valence-electron chi connectivity index (χ3n) is 6.91. The highest BCUT2D eigenvalue weighted by molar-refractivity contribution is 5.83. The third-order valence-corrected chi connectivity index (χ3v) is 6.91. The van der Waals surface area contributed by atoms with Crippen molar-refractivity contribution in [3.63, 3.8) is 0 Å². The van der Waals surface area contributed by atoms with Crippen LogP contribution in [0.3, 0.4) is 0 Å². The Labute approximate surface area is 116 Å². The number of hydrogen-bond acceptors (Lipinski definition) is 2. The van der Waals surface area contributed by atoms with Crippen molar-refractivity contribution in [1.29, 1.82) is 0 Å². The van der Waals surface area contributed by atoms with Crippen LogP contribution in [0.2, 0.25) is 0 Å². The zero-order valence-electron chi connectivity index (χ0n) is 12.2. The predicted octanol–water partition coefficient (Wildman–Crippen LogP) is 3.40. The molecular weight excluding hydrogens is 234 g/mol. The Morgan fingerprint density at radius 2 is 2.11 bits per heavy atom. The molecule has 4 rings (SSSR count). The largest absolute Gasteiger partial charge is 0.299 e. The minimum Gasteiger partial charge on any atom is -0.299 e. The molecule has 4 fully saturated rings. The first-order valence-electron chi connectivity index (χ1n) is 8.46. The van der Waals surface area contributed by atoms with Gasteiger partial charge in [-0.15, -0.1) is 0 Å². The second-order valence-electron chi connectivity index (χ2n) is 7.91. The van der Waals surface area contributed by atoms with Crippen molar-refractivity contribution in [3.05, 3.63) is 0 Å². The maximum Gasteiger partial charge on any atom is 0.139 e. The zero-order valence-corrected chi connectivity index (χ0v) is 12.2. The van der Waals surface area contributed by atoms with E-state index in [1.54, 1.807) is 0 Å². The highest BCUT2D eigenvalue weighted by Crippen LogP contribution is 2.54. The van der Waals surface area contributed by atoms with Crippen LogP contribution in [-0.2, 0) is 4.79 Å². The molecule has 0 spiro atoms. The fourth-order valence-corrected chi connectivity index (χ4v) is 5.82. The van der Waals surface area contributed by atoms with Crippen LogP contribution in [0.1, 0.15) is 64.7 Å². The number of carbonyl (C=O) groups excluding carboxylic acids is 1. The number of piperidine rings is 1. The molecule has 2 saturated heterocycles. The Bertz CT molecular complexity index is 393.